The minimum absolute atomic E-state index is 0.0844. The summed E-state index contributed by atoms with van der Waals surface area (Å²) in [5, 5.41) is 7.84. The number of rotatable bonds is 5. The van der Waals surface area contributed by atoms with Crippen LogP contribution >= 0.6 is 11.6 Å². The van der Waals surface area contributed by atoms with Crippen molar-refractivity contribution in [1.82, 2.24) is 24.3 Å². The third-order valence-electron chi connectivity index (χ3n) is 8.06. The summed E-state index contributed by atoms with van der Waals surface area (Å²) < 4.78 is 29.4. The lowest BCUT2D eigenvalue weighted by molar-refractivity contribution is -0.119. The third-order valence-corrected chi connectivity index (χ3v) is 8.90. The van der Waals surface area contributed by atoms with Crippen LogP contribution in [0.3, 0.4) is 0 Å². The molecule has 4 heterocycles. The molecular weight excluding hydrogens is 626 g/mol. The second kappa shape index (κ2) is 12.5. The molecule has 2 bridgehead atoms. The molecule has 3 aromatic heterocycles. The van der Waals surface area contributed by atoms with Gasteiger partial charge in [-0.1, -0.05) is 43.1 Å². The maximum Gasteiger partial charge on any atom is 0.254 e. The molecule has 1 amide bonds. The van der Waals surface area contributed by atoms with Gasteiger partial charge in [0.25, 0.3) is 5.56 Å². The smallest absolute Gasteiger partial charge is 0.254 e. The van der Waals surface area contributed by atoms with E-state index >= 15 is 0 Å². The molecule has 1 aliphatic rings. The molecule has 0 saturated carbocycles. The molecule has 0 unspecified atom stereocenters. The summed E-state index contributed by atoms with van der Waals surface area (Å²) in [5.74, 6) is -0.331. The largest absolute Gasteiger partial charge is 0.323 e. The van der Waals surface area contributed by atoms with Crippen molar-refractivity contribution in [3.8, 4) is 33.6 Å². The SMILES string of the molecule is C[C@@H]1CCC[C@H](n2cnc(-c3cc(Cl)ccc3-c3cccc(NS(C)(=O)=O)c3)cc2=O)c2cc(ccn2)-c2c(cnn2C)NC1=O. The Bertz CT molecular complexity index is 2130. The lowest BCUT2D eigenvalue weighted by Gasteiger charge is -2.22. The van der Waals surface area contributed by atoms with Gasteiger partial charge in [-0.15, -0.1) is 0 Å². The van der Waals surface area contributed by atoms with E-state index in [1.807, 2.05) is 38.2 Å². The van der Waals surface area contributed by atoms with Crippen LogP contribution in [0.15, 0.2) is 84.2 Å². The molecule has 0 radical (unpaired) electrons. The number of carbonyl (C=O) groups is 1. The summed E-state index contributed by atoms with van der Waals surface area (Å²) >= 11 is 6.41. The standard InChI is InChI=1S/C33H32ClN7O4S/c1-20-6-4-9-30(28-15-22(12-13-35-28)32-29(38-33(20)43)18-37-40(32)2)41-19-36-27(17-31(41)42)26-16-23(34)10-11-25(26)21-7-5-8-24(14-21)39-46(3,44)45/h5,7-8,10-20,30,39H,4,6,9H2,1-3H3,(H,38,43)/t20-,30+/m1/s1. The highest BCUT2D eigenvalue weighted by atomic mass is 35.5. The molecule has 0 saturated heterocycles. The number of nitrogens with one attached hydrogen (secondary N) is 2. The van der Waals surface area contributed by atoms with Gasteiger partial charge in [0.15, 0.2) is 0 Å². The highest BCUT2D eigenvalue weighted by Crippen LogP contribution is 2.35. The molecule has 236 valence electrons. The van der Waals surface area contributed by atoms with Crippen LogP contribution < -0.4 is 15.6 Å². The summed E-state index contributed by atoms with van der Waals surface area (Å²) in [6, 6.07) is 17.1. The fourth-order valence-corrected chi connectivity index (χ4v) is 6.55. The molecule has 13 heteroatoms. The number of sulfonamides is 1. The van der Waals surface area contributed by atoms with Crippen molar-refractivity contribution in [3.05, 3.63) is 100 Å². The Kier molecular flexibility index (Phi) is 8.49. The monoisotopic (exact) mass is 657 g/mol. The van der Waals surface area contributed by atoms with Gasteiger partial charge in [0.1, 0.15) is 0 Å². The molecule has 46 heavy (non-hydrogen) atoms. The molecule has 2 N–H and O–H groups in total. The predicted molar refractivity (Wildman–Crippen MR) is 179 cm³/mol. The molecule has 1 aliphatic heterocycles. The predicted octanol–water partition coefficient (Wildman–Crippen LogP) is 5.75. The summed E-state index contributed by atoms with van der Waals surface area (Å²) in [4.78, 5) is 36.2. The number of amides is 1. The van der Waals surface area contributed by atoms with Gasteiger partial charge < -0.3 is 5.32 Å². The number of benzene rings is 2. The Morgan fingerprint density at radius 3 is 2.59 bits per heavy atom. The molecule has 0 spiro atoms. The highest BCUT2D eigenvalue weighted by Gasteiger charge is 2.24. The minimum Gasteiger partial charge on any atom is -0.323 e. The van der Waals surface area contributed by atoms with E-state index in [9.17, 15) is 18.0 Å². The van der Waals surface area contributed by atoms with E-state index in [4.69, 9.17) is 16.6 Å². The first-order valence-electron chi connectivity index (χ1n) is 14.7. The number of nitrogens with zero attached hydrogens (tertiary/aromatic N) is 5. The van der Waals surface area contributed by atoms with E-state index in [0.717, 1.165) is 28.6 Å². The van der Waals surface area contributed by atoms with Crippen LogP contribution in [-0.4, -0.2) is 44.9 Å². The number of anilines is 2. The maximum absolute atomic E-state index is 13.9. The zero-order chi connectivity index (χ0) is 32.6. The molecule has 2 atom stereocenters. The molecule has 6 rings (SSSR count). The summed E-state index contributed by atoms with van der Waals surface area (Å²) in [7, 11) is -1.66. The number of aromatic nitrogens is 5. The van der Waals surface area contributed by atoms with Crippen molar-refractivity contribution in [2.45, 2.75) is 32.2 Å². The van der Waals surface area contributed by atoms with Crippen LogP contribution in [0.4, 0.5) is 11.4 Å². The average molecular weight is 658 g/mol. The summed E-state index contributed by atoms with van der Waals surface area (Å²) in [6.07, 6.45) is 7.82. The number of fused-ring (bicyclic) bond motifs is 4. The third kappa shape index (κ3) is 6.58. The molecular formula is C33H32ClN7O4S. The summed E-state index contributed by atoms with van der Waals surface area (Å²) in [6.45, 7) is 1.89. The Morgan fingerprint density at radius 1 is 0.978 bits per heavy atom. The van der Waals surface area contributed by atoms with Crippen molar-refractivity contribution in [2.75, 3.05) is 16.3 Å². The minimum atomic E-state index is -3.47. The number of carbonyl (C=O) groups excluding carboxylic acids is 1. The van der Waals surface area contributed by atoms with E-state index in [1.165, 1.54) is 12.4 Å². The highest BCUT2D eigenvalue weighted by molar-refractivity contribution is 7.92. The van der Waals surface area contributed by atoms with Crippen molar-refractivity contribution < 1.29 is 13.2 Å². The van der Waals surface area contributed by atoms with Crippen molar-refractivity contribution in [3.63, 3.8) is 0 Å². The first-order valence-corrected chi connectivity index (χ1v) is 17.0. The number of hydrogen-bond donors (Lipinski definition) is 2. The van der Waals surface area contributed by atoms with Gasteiger partial charge in [-0.05, 0) is 60.4 Å². The van der Waals surface area contributed by atoms with Gasteiger partial charge in [-0.25, -0.2) is 13.4 Å². The van der Waals surface area contributed by atoms with Gasteiger partial charge in [-0.2, -0.15) is 5.10 Å². The van der Waals surface area contributed by atoms with Crippen LogP contribution in [0, 0.1) is 5.92 Å². The van der Waals surface area contributed by atoms with Crippen LogP contribution in [0.1, 0.15) is 37.9 Å². The van der Waals surface area contributed by atoms with Crippen molar-refractivity contribution in [2.24, 2.45) is 13.0 Å². The topological polar surface area (TPSA) is 141 Å². The number of hydrogen-bond acceptors (Lipinski definition) is 7. The zero-order valence-electron chi connectivity index (χ0n) is 25.4. The van der Waals surface area contributed by atoms with Gasteiger partial charge in [0, 0.05) is 47.1 Å². The first-order chi connectivity index (χ1) is 22.0. The van der Waals surface area contributed by atoms with Crippen LogP contribution in [-0.2, 0) is 21.9 Å². The van der Waals surface area contributed by atoms with Crippen LogP contribution in [0.5, 0.6) is 0 Å². The van der Waals surface area contributed by atoms with Crippen molar-refractivity contribution in [1.29, 1.82) is 0 Å². The number of pyridine rings is 1. The fourth-order valence-electron chi connectivity index (χ4n) is 5.82. The Hall–Kier alpha value is -4.81. The molecule has 0 aliphatic carbocycles. The Morgan fingerprint density at radius 2 is 1.80 bits per heavy atom. The Labute approximate surface area is 271 Å². The second-order valence-electron chi connectivity index (χ2n) is 11.5. The average Bonchev–Trinajstić information content (AvgIpc) is 3.37. The van der Waals surface area contributed by atoms with E-state index in [-0.39, 0.29) is 17.4 Å². The maximum atomic E-state index is 13.9. The van der Waals surface area contributed by atoms with Gasteiger partial charge in [0.2, 0.25) is 15.9 Å². The molecule has 5 aromatic rings. The van der Waals surface area contributed by atoms with Gasteiger partial charge in [-0.3, -0.25) is 28.5 Å². The van der Waals surface area contributed by atoms with Gasteiger partial charge >= 0.3 is 0 Å². The van der Waals surface area contributed by atoms with E-state index < -0.39 is 16.1 Å². The number of halogens is 1. The quantitative estimate of drug-likeness (QED) is 0.245. The van der Waals surface area contributed by atoms with E-state index in [0.29, 0.717) is 52.6 Å². The van der Waals surface area contributed by atoms with Crippen LogP contribution in [0.25, 0.3) is 33.6 Å². The second-order valence-corrected chi connectivity index (χ2v) is 13.7. The van der Waals surface area contributed by atoms with E-state index in [2.05, 4.69) is 20.1 Å². The molecule has 2 aromatic carbocycles. The zero-order valence-corrected chi connectivity index (χ0v) is 27.0. The Balaban J connectivity index is 1.42. The van der Waals surface area contributed by atoms with Gasteiger partial charge in [0.05, 0.1) is 47.6 Å². The van der Waals surface area contributed by atoms with Crippen molar-refractivity contribution >= 4 is 38.9 Å². The first kappa shape index (κ1) is 31.2. The number of aryl methyl sites for hydroxylation is 1. The van der Waals surface area contributed by atoms with Crippen LogP contribution in [0.2, 0.25) is 5.02 Å². The molecule has 11 nitrogen and oxygen atoms in total. The normalized spacial score (nSPS) is 16.9. The lowest BCUT2D eigenvalue weighted by Crippen LogP contribution is -2.27. The fraction of sp³-hybridized carbons (Fsp3) is 0.242. The lowest BCUT2D eigenvalue weighted by atomic mass is 9.96. The molecule has 0 fully saturated rings. The summed E-state index contributed by atoms with van der Waals surface area (Å²) in [5.41, 5.74) is 5.49. The van der Waals surface area contributed by atoms with E-state index in [1.54, 1.807) is 52.0 Å².